The first-order valence-corrected chi connectivity index (χ1v) is 3.61. The molecule has 0 unspecified atom stereocenters. The van der Waals surface area contributed by atoms with Crippen molar-refractivity contribution in [3.05, 3.63) is 35.9 Å². The van der Waals surface area contributed by atoms with Crippen LogP contribution in [-0.4, -0.2) is 17.4 Å². The van der Waals surface area contributed by atoms with E-state index in [9.17, 15) is 18.1 Å². The second-order valence-corrected chi connectivity index (χ2v) is 2.22. The highest BCUT2D eigenvalue weighted by Crippen LogP contribution is 1.94. The molecule has 0 fully saturated rings. The summed E-state index contributed by atoms with van der Waals surface area (Å²) in [6.07, 6.45) is -2.74. The van der Waals surface area contributed by atoms with Crippen LogP contribution in [0.3, 0.4) is 0 Å². The Morgan fingerprint density at radius 3 is 1.73 bits per heavy atom. The van der Waals surface area contributed by atoms with E-state index < -0.39 is 11.5 Å². The van der Waals surface area contributed by atoms with E-state index in [1.807, 2.05) is 6.07 Å². The summed E-state index contributed by atoms with van der Waals surface area (Å²) in [4.78, 5) is 19.1. The van der Waals surface area contributed by atoms with Gasteiger partial charge in [-0.2, -0.15) is 0 Å². The van der Waals surface area contributed by atoms with Crippen LogP contribution in [0.25, 0.3) is 0 Å². The molecule has 0 saturated heterocycles. The first kappa shape index (κ1) is 12.9. The molecule has 4 nitrogen and oxygen atoms in total. The molecule has 0 aliphatic rings. The number of halogens is 3. The maximum absolute atomic E-state index is 10.4. The van der Waals surface area contributed by atoms with E-state index in [1.54, 1.807) is 24.3 Å². The highest BCUT2D eigenvalue weighted by Gasteiger charge is 2.06. The van der Waals surface area contributed by atoms with Crippen molar-refractivity contribution in [3.63, 3.8) is 0 Å². The molecule has 2 N–H and O–H groups in total. The minimum absolute atomic E-state index is 0.379. The molecule has 0 spiro atoms. The zero-order valence-corrected chi connectivity index (χ0v) is 7.36. The average Bonchev–Trinajstić information content (AvgIpc) is 2.20. The largest absolute Gasteiger partial charge is 0.458 e. The molecule has 1 rings (SSSR count). The number of nitrogens with two attached hydrogens (primary N) is 1. The molecular weight excluding hydrogens is 213 g/mol. The molecule has 0 atom stereocenters. The Balaban J connectivity index is 0.000000288. The van der Waals surface area contributed by atoms with Crippen molar-refractivity contribution < 1.29 is 22.9 Å². The summed E-state index contributed by atoms with van der Waals surface area (Å²) in [6, 6.07) is 8.76. The van der Waals surface area contributed by atoms with Crippen LogP contribution in [0.4, 0.5) is 18.1 Å². The van der Waals surface area contributed by atoms with Crippen molar-refractivity contribution in [3.8, 4) is 0 Å². The van der Waals surface area contributed by atoms with Crippen LogP contribution < -0.4 is 5.73 Å². The third-order valence-electron chi connectivity index (χ3n) is 1.19. The summed E-state index contributed by atoms with van der Waals surface area (Å²) in [5, 5.41) is -2.14. The minimum Gasteiger partial charge on any atom is -0.366 e. The van der Waals surface area contributed by atoms with Gasteiger partial charge in [-0.25, -0.2) is 4.79 Å². The SMILES string of the molecule is NC(=O)c1ccccc1.O=C(F)N(F)F. The van der Waals surface area contributed by atoms with Gasteiger partial charge in [0.15, 0.2) is 0 Å². The monoisotopic (exact) mass is 220 g/mol. The first-order valence-electron chi connectivity index (χ1n) is 3.61. The highest BCUT2D eigenvalue weighted by atomic mass is 19.4. The van der Waals surface area contributed by atoms with Gasteiger partial charge in [-0.3, -0.25) is 4.79 Å². The molecule has 2 amide bonds. The van der Waals surface area contributed by atoms with E-state index in [4.69, 9.17) is 10.5 Å². The molecule has 1 aromatic carbocycles. The zero-order chi connectivity index (χ0) is 11.8. The quantitative estimate of drug-likeness (QED) is 0.446. The normalized spacial score (nSPS) is 8.47. The average molecular weight is 220 g/mol. The lowest BCUT2D eigenvalue weighted by Crippen LogP contribution is -2.09. The number of hydrogen-bond donors (Lipinski definition) is 1. The Labute approximate surface area is 83.0 Å². The second kappa shape index (κ2) is 6.41. The molecule has 82 valence electrons. The van der Waals surface area contributed by atoms with Crippen LogP contribution in [0.5, 0.6) is 0 Å². The third kappa shape index (κ3) is 6.08. The summed E-state index contributed by atoms with van der Waals surface area (Å²) >= 11 is 0. The smallest absolute Gasteiger partial charge is 0.366 e. The Morgan fingerprint density at radius 2 is 1.53 bits per heavy atom. The van der Waals surface area contributed by atoms with Gasteiger partial charge in [0.1, 0.15) is 0 Å². The van der Waals surface area contributed by atoms with Gasteiger partial charge in [0, 0.05) is 10.9 Å². The third-order valence-corrected chi connectivity index (χ3v) is 1.19. The van der Waals surface area contributed by atoms with Crippen LogP contribution in [0, 0.1) is 0 Å². The van der Waals surface area contributed by atoms with E-state index in [0.717, 1.165) is 0 Å². The van der Waals surface area contributed by atoms with E-state index >= 15 is 0 Å². The zero-order valence-electron chi connectivity index (χ0n) is 7.36. The van der Waals surface area contributed by atoms with E-state index in [0.29, 0.717) is 5.56 Å². The molecule has 1 aromatic rings. The van der Waals surface area contributed by atoms with Gasteiger partial charge < -0.3 is 5.73 Å². The molecule has 0 aromatic heterocycles. The number of benzene rings is 1. The molecular formula is C8H7F3N2O2. The Kier molecular flexibility index (Phi) is 5.53. The topological polar surface area (TPSA) is 63.4 Å². The lowest BCUT2D eigenvalue weighted by atomic mass is 10.2. The minimum atomic E-state index is -2.74. The fourth-order valence-electron chi connectivity index (χ4n) is 0.602. The predicted octanol–water partition coefficient (Wildman–Crippen LogP) is 1.93. The van der Waals surface area contributed by atoms with Crippen molar-refractivity contribution in [1.82, 2.24) is 5.34 Å². The van der Waals surface area contributed by atoms with Gasteiger partial charge in [0.05, 0.1) is 0 Å². The number of nitrogens with zero attached hydrogens (tertiary/aromatic N) is 1. The number of carbonyl (C=O) groups is 2. The number of amides is 2. The molecule has 0 radical (unpaired) electrons. The second-order valence-electron chi connectivity index (χ2n) is 2.22. The van der Waals surface area contributed by atoms with E-state index in [2.05, 4.69) is 0 Å². The van der Waals surface area contributed by atoms with E-state index in [-0.39, 0.29) is 5.91 Å². The van der Waals surface area contributed by atoms with Crippen LogP contribution in [0.15, 0.2) is 30.3 Å². The van der Waals surface area contributed by atoms with Crippen LogP contribution in [-0.2, 0) is 0 Å². The summed E-state index contributed by atoms with van der Waals surface area (Å²) in [7, 11) is 0. The van der Waals surface area contributed by atoms with Crippen LogP contribution in [0.2, 0.25) is 0 Å². The van der Waals surface area contributed by atoms with Gasteiger partial charge in [0.2, 0.25) is 5.91 Å². The number of carbonyl (C=O) groups excluding carboxylic acids is 2. The lowest BCUT2D eigenvalue weighted by molar-refractivity contribution is -0.108. The summed E-state index contributed by atoms with van der Waals surface area (Å²) in [6.45, 7) is 0. The molecule has 15 heavy (non-hydrogen) atoms. The maximum atomic E-state index is 10.4. The molecule has 0 saturated carbocycles. The summed E-state index contributed by atoms with van der Waals surface area (Å²) in [5.74, 6) is -0.379. The molecule has 0 heterocycles. The van der Waals surface area contributed by atoms with Gasteiger partial charge in [0.25, 0.3) is 0 Å². The van der Waals surface area contributed by atoms with Crippen molar-refractivity contribution in [2.24, 2.45) is 5.73 Å². The lowest BCUT2D eigenvalue weighted by Gasteiger charge is -1.89. The Bertz CT molecular complexity index is 330. The fraction of sp³-hybridized carbons (Fsp3) is 0. The fourth-order valence-corrected chi connectivity index (χ4v) is 0.602. The first-order chi connectivity index (χ1) is 6.95. The number of hydrogen-bond acceptors (Lipinski definition) is 2. The van der Waals surface area contributed by atoms with Gasteiger partial charge in [-0.15, -0.1) is 4.39 Å². The highest BCUT2D eigenvalue weighted by molar-refractivity contribution is 5.92. The Hall–Kier alpha value is -2.05. The summed E-state index contributed by atoms with van der Waals surface area (Å²) in [5.41, 5.74) is 5.53. The van der Waals surface area contributed by atoms with Crippen molar-refractivity contribution >= 4 is 12.1 Å². The van der Waals surface area contributed by atoms with Gasteiger partial charge >= 0.3 is 6.16 Å². The molecule has 0 bridgehead atoms. The molecule has 0 aliphatic carbocycles. The van der Waals surface area contributed by atoms with Crippen LogP contribution in [0.1, 0.15) is 10.4 Å². The van der Waals surface area contributed by atoms with Crippen molar-refractivity contribution in [2.45, 2.75) is 0 Å². The summed E-state index contributed by atoms with van der Waals surface area (Å²) < 4.78 is 30.9. The number of primary amides is 1. The van der Waals surface area contributed by atoms with Gasteiger partial charge in [-0.05, 0) is 12.1 Å². The molecule has 0 aliphatic heterocycles. The van der Waals surface area contributed by atoms with Gasteiger partial charge in [-0.1, -0.05) is 27.2 Å². The Morgan fingerprint density at radius 1 is 1.13 bits per heavy atom. The standard InChI is InChI=1S/C7H7NO.CF3NO/c8-7(9)6-4-2-1-3-5-6;2-1(6)5(3)4/h1-5H,(H2,8,9);. The number of rotatable bonds is 1. The van der Waals surface area contributed by atoms with Crippen molar-refractivity contribution in [1.29, 1.82) is 0 Å². The maximum Gasteiger partial charge on any atom is 0.458 e. The predicted molar refractivity (Wildman–Crippen MR) is 45.5 cm³/mol. The van der Waals surface area contributed by atoms with E-state index in [1.165, 1.54) is 0 Å². The molecule has 7 heteroatoms. The van der Waals surface area contributed by atoms with Crippen molar-refractivity contribution in [2.75, 3.05) is 0 Å². The van der Waals surface area contributed by atoms with Crippen LogP contribution >= 0.6 is 0 Å².